The van der Waals surface area contributed by atoms with Gasteiger partial charge in [0.15, 0.2) is 0 Å². The van der Waals surface area contributed by atoms with Crippen LogP contribution in [0.4, 0.5) is 0 Å². The first-order valence-corrected chi connectivity index (χ1v) is 5.90. The summed E-state index contributed by atoms with van der Waals surface area (Å²) in [6.45, 7) is 0. The summed E-state index contributed by atoms with van der Waals surface area (Å²) >= 11 is 14.3. The Bertz CT molecular complexity index is 339. The Hall–Kier alpha value is -0.0500. The van der Waals surface area contributed by atoms with E-state index in [0.717, 1.165) is 22.9 Å². The van der Waals surface area contributed by atoms with E-state index in [-0.39, 0.29) is 0 Å². The topological polar surface area (TPSA) is 17.1 Å². The van der Waals surface area contributed by atoms with Crippen LogP contribution in [-0.2, 0) is 6.42 Å². The predicted molar refractivity (Wildman–Crippen MR) is 63.4 cm³/mol. The van der Waals surface area contributed by atoms with Gasteiger partial charge in [0.05, 0.1) is 0 Å². The summed E-state index contributed by atoms with van der Waals surface area (Å²) in [5, 5.41) is -0.420. The minimum atomic E-state index is -0.420. The molecule has 1 aromatic carbocycles. The third-order valence-electron chi connectivity index (χ3n) is 1.86. The van der Waals surface area contributed by atoms with Crippen molar-refractivity contribution < 1.29 is 4.79 Å². The van der Waals surface area contributed by atoms with Crippen LogP contribution in [0.3, 0.4) is 0 Å². The largest absolute Gasteiger partial charge is 0.276 e. The maximum absolute atomic E-state index is 11.1. The molecule has 76 valence electrons. The van der Waals surface area contributed by atoms with Crippen LogP contribution in [0.1, 0.15) is 22.3 Å². The molecule has 0 aromatic heterocycles. The van der Waals surface area contributed by atoms with Crippen molar-refractivity contribution in [3.63, 3.8) is 0 Å². The monoisotopic (exact) mass is 294 g/mol. The fourth-order valence-corrected chi connectivity index (χ4v) is 1.88. The zero-order chi connectivity index (χ0) is 10.6. The molecule has 0 unspecified atom stereocenters. The van der Waals surface area contributed by atoms with Gasteiger partial charge in [0, 0.05) is 15.9 Å². The summed E-state index contributed by atoms with van der Waals surface area (Å²) in [4.78, 5) is 11.1. The zero-order valence-electron chi connectivity index (χ0n) is 7.40. The van der Waals surface area contributed by atoms with Crippen molar-refractivity contribution in [3.8, 4) is 0 Å². The minimum Gasteiger partial charge on any atom is -0.276 e. The number of benzene rings is 1. The number of alkyl halides is 1. The fraction of sp³-hybridized carbons (Fsp3) is 0.300. The molecule has 0 aliphatic rings. The molecule has 0 amide bonds. The van der Waals surface area contributed by atoms with E-state index in [9.17, 15) is 4.79 Å². The van der Waals surface area contributed by atoms with E-state index in [1.165, 1.54) is 0 Å². The minimum absolute atomic E-state index is 0.420. The van der Waals surface area contributed by atoms with Gasteiger partial charge >= 0.3 is 0 Å². The Morgan fingerprint density at radius 1 is 1.43 bits per heavy atom. The molecule has 0 aliphatic carbocycles. The molecule has 0 spiro atoms. The maximum atomic E-state index is 11.1. The van der Waals surface area contributed by atoms with E-state index in [1.807, 2.05) is 12.1 Å². The van der Waals surface area contributed by atoms with Crippen LogP contribution in [0.2, 0.25) is 0 Å². The highest BCUT2D eigenvalue weighted by molar-refractivity contribution is 9.10. The van der Waals surface area contributed by atoms with Gasteiger partial charge in [-0.3, -0.25) is 4.79 Å². The van der Waals surface area contributed by atoms with Crippen molar-refractivity contribution in [2.24, 2.45) is 0 Å². The molecule has 1 aromatic rings. The summed E-state index contributed by atoms with van der Waals surface area (Å²) in [7, 11) is 0. The average molecular weight is 296 g/mol. The van der Waals surface area contributed by atoms with Gasteiger partial charge in [-0.15, -0.1) is 11.6 Å². The number of hydrogen-bond acceptors (Lipinski definition) is 1. The number of aryl methyl sites for hydroxylation is 1. The molecule has 4 heteroatoms. The second-order valence-corrected chi connectivity index (χ2v) is 4.50. The lowest BCUT2D eigenvalue weighted by Crippen LogP contribution is -1.98. The van der Waals surface area contributed by atoms with E-state index in [2.05, 4.69) is 15.9 Å². The third-order valence-corrected chi connectivity index (χ3v) is 2.83. The molecule has 0 atom stereocenters. The van der Waals surface area contributed by atoms with Crippen LogP contribution in [0.15, 0.2) is 22.7 Å². The van der Waals surface area contributed by atoms with Gasteiger partial charge in [0.25, 0.3) is 5.24 Å². The molecule has 0 aliphatic heterocycles. The first-order valence-electron chi connectivity index (χ1n) is 4.19. The summed E-state index contributed by atoms with van der Waals surface area (Å²) in [6, 6.07) is 5.53. The number of carbonyl (C=O) groups is 1. The van der Waals surface area contributed by atoms with Gasteiger partial charge in [-0.25, -0.2) is 0 Å². The first kappa shape index (κ1) is 12.0. The smallest absolute Gasteiger partial charge is 0.252 e. The molecular weight excluding hydrogens is 287 g/mol. The van der Waals surface area contributed by atoms with E-state index >= 15 is 0 Å². The second-order valence-electron chi connectivity index (χ2n) is 2.87. The first-order chi connectivity index (χ1) is 6.65. The summed E-state index contributed by atoms with van der Waals surface area (Å²) in [6.07, 6.45) is 1.63. The molecule has 0 bridgehead atoms. The number of rotatable bonds is 4. The quantitative estimate of drug-likeness (QED) is 0.606. The second kappa shape index (κ2) is 5.74. The SMILES string of the molecule is O=C(Cl)c1cc(Br)ccc1CCCCl. The van der Waals surface area contributed by atoms with Gasteiger partial charge in [-0.2, -0.15) is 0 Å². The molecule has 1 rings (SSSR count). The molecule has 1 nitrogen and oxygen atoms in total. The lowest BCUT2D eigenvalue weighted by atomic mass is 10.0. The van der Waals surface area contributed by atoms with Crippen LogP contribution in [0.5, 0.6) is 0 Å². The molecule has 0 fully saturated rings. The molecule has 0 N–H and O–H groups in total. The highest BCUT2D eigenvalue weighted by Crippen LogP contribution is 2.19. The van der Waals surface area contributed by atoms with E-state index in [4.69, 9.17) is 23.2 Å². The van der Waals surface area contributed by atoms with Crippen molar-refractivity contribution in [2.45, 2.75) is 12.8 Å². The van der Waals surface area contributed by atoms with Gasteiger partial charge < -0.3 is 0 Å². The van der Waals surface area contributed by atoms with E-state index in [1.54, 1.807) is 6.07 Å². The lowest BCUT2D eigenvalue weighted by Gasteiger charge is -2.05. The zero-order valence-corrected chi connectivity index (χ0v) is 10.5. The van der Waals surface area contributed by atoms with Crippen molar-refractivity contribution in [3.05, 3.63) is 33.8 Å². The Labute approximate surface area is 102 Å². The summed E-state index contributed by atoms with van der Waals surface area (Å²) < 4.78 is 0.858. The summed E-state index contributed by atoms with van der Waals surface area (Å²) in [5.74, 6) is 0.589. The number of hydrogen-bond donors (Lipinski definition) is 0. The number of carbonyl (C=O) groups excluding carboxylic acids is 1. The molecule has 0 heterocycles. The average Bonchev–Trinajstić information content (AvgIpc) is 2.15. The molecular formula is C10H9BrCl2O. The van der Waals surface area contributed by atoms with Crippen LogP contribution in [0, 0.1) is 0 Å². The molecule has 0 radical (unpaired) electrons. The standard InChI is InChI=1S/C10H9BrCl2O/c11-8-4-3-7(2-1-5-12)9(6-8)10(13)14/h3-4,6H,1-2,5H2. The van der Waals surface area contributed by atoms with Gasteiger partial charge in [-0.1, -0.05) is 22.0 Å². The summed E-state index contributed by atoms with van der Waals surface area (Å²) in [5.41, 5.74) is 1.51. The van der Waals surface area contributed by atoms with Crippen molar-refractivity contribution >= 4 is 44.4 Å². The van der Waals surface area contributed by atoms with Crippen molar-refractivity contribution in [1.29, 1.82) is 0 Å². The van der Waals surface area contributed by atoms with Crippen molar-refractivity contribution in [2.75, 3.05) is 5.88 Å². The lowest BCUT2D eigenvalue weighted by molar-refractivity contribution is 0.108. The normalized spacial score (nSPS) is 10.2. The highest BCUT2D eigenvalue weighted by Gasteiger charge is 2.08. The van der Waals surface area contributed by atoms with Crippen LogP contribution in [0.25, 0.3) is 0 Å². The van der Waals surface area contributed by atoms with Crippen molar-refractivity contribution in [1.82, 2.24) is 0 Å². The van der Waals surface area contributed by atoms with E-state index < -0.39 is 5.24 Å². The Morgan fingerprint density at radius 2 is 2.14 bits per heavy atom. The third kappa shape index (κ3) is 3.26. The van der Waals surface area contributed by atoms with Crippen LogP contribution < -0.4 is 0 Å². The predicted octanol–water partition coefficient (Wildman–Crippen LogP) is 4.00. The van der Waals surface area contributed by atoms with Gasteiger partial charge in [-0.05, 0) is 42.1 Å². The van der Waals surface area contributed by atoms with Crippen LogP contribution >= 0.6 is 39.1 Å². The Kier molecular flexibility index (Phi) is 4.93. The Balaban J connectivity index is 2.96. The molecule has 0 saturated carbocycles. The molecule has 0 saturated heterocycles. The highest BCUT2D eigenvalue weighted by atomic mass is 79.9. The number of halogens is 3. The van der Waals surface area contributed by atoms with Gasteiger partial charge in [0.1, 0.15) is 0 Å². The van der Waals surface area contributed by atoms with E-state index in [0.29, 0.717) is 11.4 Å². The fourth-order valence-electron chi connectivity index (χ4n) is 1.21. The van der Waals surface area contributed by atoms with Gasteiger partial charge in [0.2, 0.25) is 0 Å². The molecule has 14 heavy (non-hydrogen) atoms. The van der Waals surface area contributed by atoms with Crippen LogP contribution in [-0.4, -0.2) is 11.1 Å². The maximum Gasteiger partial charge on any atom is 0.252 e. The Morgan fingerprint density at radius 3 is 2.71 bits per heavy atom.